The van der Waals surface area contributed by atoms with E-state index in [4.69, 9.17) is 0 Å². The molecule has 0 radical (unpaired) electrons. The number of aromatic nitrogens is 2. The molecular weight excluding hydrogens is 258 g/mol. The number of carbonyl (C=O) groups is 1. The number of Topliss-reactive ketones (excluding diaryl/α,β-unsaturated/α-hetero) is 1. The topological polar surface area (TPSA) is 46.9 Å². The average Bonchev–Trinajstić information content (AvgIpc) is 2.59. The Balaban J connectivity index is 2.67. The standard InChI is InChI=1S/C10H16BrN3O/c1-3-14-10(8(11)7-13-14)9(15)5-4-6-12-2/h7,12H,3-6H2,1-2H3. The molecule has 0 fully saturated rings. The number of nitrogens with zero attached hydrogens (tertiary/aromatic N) is 2. The number of halogens is 1. The molecule has 0 aromatic carbocycles. The van der Waals surface area contributed by atoms with Crippen molar-refractivity contribution in [1.82, 2.24) is 15.1 Å². The van der Waals surface area contributed by atoms with Crippen LogP contribution in [0, 0.1) is 0 Å². The Bertz CT molecular complexity index is 335. The number of ketones is 1. The van der Waals surface area contributed by atoms with E-state index in [0.717, 1.165) is 24.0 Å². The first-order valence-electron chi connectivity index (χ1n) is 5.09. The van der Waals surface area contributed by atoms with Crippen molar-refractivity contribution in [1.29, 1.82) is 0 Å². The fraction of sp³-hybridized carbons (Fsp3) is 0.600. The van der Waals surface area contributed by atoms with Gasteiger partial charge in [0.1, 0.15) is 5.69 Å². The zero-order valence-electron chi connectivity index (χ0n) is 9.09. The van der Waals surface area contributed by atoms with Gasteiger partial charge < -0.3 is 5.32 Å². The molecule has 1 N–H and O–H groups in total. The van der Waals surface area contributed by atoms with E-state index in [1.54, 1.807) is 10.9 Å². The Hall–Kier alpha value is -0.680. The molecule has 1 rings (SSSR count). The summed E-state index contributed by atoms with van der Waals surface area (Å²) in [6, 6.07) is 0. The third-order valence-corrected chi connectivity index (χ3v) is 2.77. The molecule has 0 aliphatic carbocycles. The number of rotatable bonds is 6. The largest absolute Gasteiger partial charge is 0.320 e. The van der Waals surface area contributed by atoms with Crippen LogP contribution in [0.25, 0.3) is 0 Å². The Kier molecular flexibility index (Phi) is 4.98. The number of hydrogen-bond acceptors (Lipinski definition) is 3. The normalized spacial score (nSPS) is 10.6. The number of carbonyl (C=O) groups excluding carboxylic acids is 1. The van der Waals surface area contributed by atoms with E-state index < -0.39 is 0 Å². The fourth-order valence-corrected chi connectivity index (χ4v) is 1.94. The summed E-state index contributed by atoms with van der Waals surface area (Å²) in [6.07, 6.45) is 3.09. The highest BCUT2D eigenvalue weighted by molar-refractivity contribution is 9.10. The van der Waals surface area contributed by atoms with E-state index in [9.17, 15) is 4.79 Å². The fourth-order valence-electron chi connectivity index (χ4n) is 1.42. The lowest BCUT2D eigenvalue weighted by atomic mass is 10.1. The first kappa shape index (κ1) is 12.4. The monoisotopic (exact) mass is 273 g/mol. The van der Waals surface area contributed by atoms with Crippen LogP contribution in [0.15, 0.2) is 10.7 Å². The molecule has 0 spiro atoms. The molecule has 4 nitrogen and oxygen atoms in total. The first-order valence-corrected chi connectivity index (χ1v) is 5.89. The predicted molar refractivity (Wildman–Crippen MR) is 63.1 cm³/mol. The van der Waals surface area contributed by atoms with Crippen LogP contribution in [0.1, 0.15) is 30.3 Å². The molecule has 0 unspecified atom stereocenters. The Morgan fingerprint density at radius 2 is 2.40 bits per heavy atom. The van der Waals surface area contributed by atoms with E-state index >= 15 is 0 Å². The highest BCUT2D eigenvalue weighted by Crippen LogP contribution is 2.18. The summed E-state index contributed by atoms with van der Waals surface area (Å²) in [5.74, 6) is 0.150. The van der Waals surface area contributed by atoms with Crippen LogP contribution in [-0.2, 0) is 6.54 Å². The van der Waals surface area contributed by atoms with E-state index in [0.29, 0.717) is 12.1 Å². The van der Waals surface area contributed by atoms with Crippen molar-refractivity contribution in [2.45, 2.75) is 26.3 Å². The predicted octanol–water partition coefficient (Wildman–Crippen LogP) is 1.85. The summed E-state index contributed by atoms with van der Waals surface area (Å²) in [6.45, 7) is 3.56. The molecule has 1 aromatic rings. The van der Waals surface area contributed by atoms with Gasteiger partial charge in [-0.15, -0.1) is 0 Å². The molecule has 0 saturated carbocycles. The Morgan fingerprint density at radius 3 is 3.00 bits per heavy atom. The van der Waals surface area contributed by atoms with Crippen LogP contribution < -0.4 is 5.32 Å². The zero-order chi connectivity index (χ0) is 11.3. The first-order chi connectivity index (χ1) is 7.20. The maximum absolute atomic E-state index is 11.9. The van der Waals surface area contributed by atoms with Crippen molar-refractivity contribution in [3.8, 4) is 0 Å². The van der Waals surface area contributed by atoms with Gasteiger partial charge in [-0.05, 0) is 42.9 Å². The second-order valence-electron chi connectivity index (χ2n) is 3.29. The second kappa shape index (κ2) is 6.02. The summed E-state index contributed by atoms with van der Waals surface area (Å²) < 4.78 is 2.52. The average molecular weight is 274 g/mol. The van der Waals surface area contributed by atoms with Crippen molar-refractivity contribution in [2.24, 2.45) is 0 Å². The van der Waals surface area contributed by atoms with Crippen molar-refractivity contribution in [3.63, 3.8) is 0 Å². The minimum absolute atomic E-state index is 0.150. The molecule has 5 heteroatoms. The molecule has 0 aliphatic rings. The van der Waals surface area contributed by atoms with Crippen molar-refractivity contribution < 1.29 is 4.79 Å². The summed E-state index contributed by atoms with van der Waals surface area (Å²) in [5, 5.41) is 7.14. The van der Waals surface area contributed by atoms with Gasteiger partial charge in [-0.25, -0.2) is 0 Å². The highest BCUT2D eigenvalue weighted by Gasteiger charge is 2.15. The summed E-state index contributed by atoms with van der Waals surface area (Å²) in [4.78, 5) is 11.9. The zero-order valence-corrected chi connectivity index (χ0v) is 10.7. The number of hydrogen-bond donors (Lipinski definition) is 1. The SMILES string of the molecule is CCn1ncc(Br)c1C(=O)CCCNC. The molecule has 0 saturated heterocycles. The van der Waals surface area contributed by atoms with Gasteiger partial charge in [-0.1, -0.05) is 0 Å². The minimum Gasteiger partial charge on any atom is -0.320 e. The van der Waals surface area contributed by atoms with Gasteiger partial charge in [-0.2, -0.15) is 5.10 Å². The smallest absolute Gasteiger partial charge is 0.182 e. The Labute approximate surface area is 98.2 Å². The van der Waals surface area contributed by atoms with Gasteiger partial charge in [0.2, 0.25) is 0 Å². The molecule has 1 heterocycles. The van der Waals surface area contributed by atoms with Gasteiger partial charge in [-0.3, -0.25) is 9.48 Å². The van der Waals surface area contributed by atoms with E-state index in [1.165, 1.54) is 0 Å². The quantitative estimate of drug-likeness (QED) is 0.636. The van der Waals surface area contributed by atoms with Gasteiger partial charge >= 0.3 is 0 Å². The van der Waals surface area contributed by atoms with Crippen LogP contribution in [-0.4, -0.2) is 29.2 Å². The molecule has 15 heavy (non-hydrogen) atoms. The minimum atomic E-state index is 0.150. The third-order valence-electron chi connectivity index (χ3n) is 2.19. The van der Waals surface area contributed by atoms with Crippen LogP contribution in [0.4, 0.5) is 0 Å². The van der Waals surface area contributed by atoms with Crippen LogP contribution in [0.5, 0.6) is 0 Å². The lowest BCUT2D eigenvalue weighted by Gasteiger charge is -2.04. The molecule has 0 atom stereocenters. The van der Waals surface area contributed by atoms with Gasteiger partial charge in [0.15, 0.2) is 5.78 Å². The van der Waals surface area contributed by atoms with Crippen LogP contribution >= 0.6 is 15.9 Å². The Morgan fingerprint density at radius 1 is 1.67 bits per heavy atom. The maximum atomic E-state index is 11.9. The molecule has 0 aliphatic heterocycles. The van der Waals surface area contributed by atoms with E-state index in [2.05, 4.69) is 26.3 Å². The highest BCUT2D eigenvalue weighted by atomic mass is 79.9. The van der Waals surface area contributed by atoms with Crippen molar-refractivity contribution >= 4 is 21.7 Å². The molecule has 1 aromatic heterocycles. The van der Waals surface area contributed by atoms with E-state index in [-0.39, 0.29) is 5.78 Å². The number of aryl methyl sites for hydroxylation is 1. The van der Waals surface area contributed by atoms with Gasteiger partial charge in [0, 0.05) is 13.0 Å². The van der Waals surface area contributed by atoms with Crippen LogP contribution in [0.2, 0.25) is 0 Å². The van der Waals surface area contributed by atoms with E-state index in [1.807, 2.05) is 14.0 Å². The lowest BCUT2D eigenvalue weighted by Crippen LogP contribution is -2.13. The van der Waals surface area contributed by atoms with Gasteiger partial charge in [0.25, 0.3) is 0 Å². The number of nitrogens with one attached hydrogen (secondary N) is 1. The maximum Gasteiger partial charge on any atom is 0.182 e. The summed E-state index contributed by atoms with van der Waals surface area (Å²) in [7, 11) is 1.89. The van der Waals surface area contributed by atoms with Crippen molar-refractivity contribution in [3.05, 3.63) is 16.4 Å². The van der Waals surface area contributed by atoms with Crippen molar-refractivity contribution in [2.75, 3.05) is 13.6 Å². The molecule has 84 valence electrons. The summed E-state index contributed by atoms with van der Waals surface area (Å²) >= 11 is 3.35. The van der Waals surface area contributed by atoms with Crippen LogP contribution in [0.3, 0.4) is 0 Å². The lowest BCUT2D eigenvalue weighted by molar-refractivity contribution is 0.0969. The molecular formula is C10H16BrN3O. The molecule has 0 amide bonds. The van der Waals surface area contributed by atoms with Gasteiger partial charge in [0.05, 0.1) is 10.7 Å². The summed E-state index contributed by atoms with van der Waals surface area (Å²) in [5.41, 5.74) is 0.689. The second-order valence-corrected chi connectivity index (χ2v) is 4.14. The molecule has 0 bridgehead atoms. The third kappa shape index (κ3) is 3.14.